The van der Waals surface area contributed by atoms with E-state index >= 15 is 0 Å². The molecule has 6 heteroatoms. The van der Waals surface area contributed by atoms with Crippen molar-refractivity contribution < 1.29 is 9.59 Å². The van der Waals surface area contributed by atoms with E-state index in [2.05, 4.69) is 9.97 Å². The van der Waals surface area contributed by atoms with Crippen LogP contribution in [0.3, 0.4) is 0 Å². The van der Waals surface area contributed by atoms with Crippen LogP contribution in [-0.2, 0) is 9.59 Å². The second-order valence-corrected chi connectivity index (χ2v) is 5.17. The second-order valence-electron chi connectivity index (χ2n) is 3.97. The van der Waals surface area contributed by atoms with Crippen molar-refractivity contribution in [3.8, 4) is 0 Å². The molecule has 2 rings (SSSR count). The first-order chi connectivity index (χ1) is 8.16. The molecule has 5 nitrogen and oxygen atoms in total. The first-order valence-electron chi connectivity index (χ1n) is 5.35. The van der Waals surface area contributed by atoms with Gasteiger partial charge in [0, 0.05) is 25.6 Å². The highest BCUT2D eigenvalue weighted by Crippen LogP contribution is 2.26. The van der Waals surface area contributed by atoms with E-state index in [1.165, 1.54) is 18.1 Å². The monoisotopic (exact) mass is 251 g/mol. The largest absolute Gasteiger partial charge is 0.309 e. The number of aromatic nitrogens is 2. The van der Waals surface area contributed by atoms with Crippen molar-refractivity contribution in [1.82, 2.24) is 9.97 Å². The average Bonchev–Trinajstić information content (AvgIpc) is 2.69. The molecule has 0 radical (unpaired) electrons. The summed E-state index contributed by atoms with van der Waals surface area (Å²) in [6.07, 6.45) is 5.19. The second kappa shape index (κ2) is 5.27. The summed E-state index contributed by atoms with van der Waals surface area (Å²) < 4.78 is 0. The molecule has 1 aliphatic rings. The molecule has 0 saturated carbocycles. The minimum atomic E-state index is 0.0777. The van der Waals surface area contributed by atoms with E-state index in [-0.39, 0.29) is 16.9 Å². The van der Waals surface area contributed by atoms with Gasteiger partial charge < -0.3 is 4.90 Å². The van der Waals surface area contributed by atoms with E-state index in [0.29, 0.717) is 18.7 Å². The van der Waals surface area contributed by atoms with Gasteiger partial charge in [-0.15, -0.1) is 0 Å². The molecule has 1 saturated heterocycles. The number of thioether (sulfide) groups is 1. The van der Waals surface area contributed by atoms with Gasteiger partial charge in [0.05, 0.1) is 18.1 Å². The fourth-order valence-corrected chi connectivity index (χ4v) is 2.50. The smallest absolute Gasteiger partial charge is 0.227 e. The molecule has 2 heterocycles. The summed E-state index contributed by atoms with van der Waals surface area (Å²) in [6, 6.07) is 0. The number of hydrogen-bond donors (Lipinski definition) is 0. The van der Waals surface area contributed by atoms with Gasteiger partial charge in [-0.3, -0.25) is 9.59 Å². The maximum atomic E-state index is 11.8. The lowest BCUT2D eigenvalue weighted by Gasteiger charge is -2.15. The summed E-state index contributed by atoms with van der Waals surface area (Å²) in [5.41, 5.74) is 0.729. The minimum absolute atomic E-state index is 0.0777. The first-order valence-corrected chi connectivity index (χ1v) is 6.34. The van der Waals surface area contributed by atoms with E-state index in [9.17, 15) is 9.59 Å². The van der Waals surface area contributed by atoms with Crippen LogP contribution in [0.25, 0.3) is 0 Å². The zero-order valence-electron chi connectivity index (χ0n) is 9.50. The lowest BCUT2D eigenvalue weighted by molar-refractivity contribution is -0.117. The van der Waals surface area contributed by atoms with Crippen molar-refractivity contribution in [3.05, 3.63) is 18.7 Å². The molecule has 1 unspecified atom stereocenters. The summed E-state index contributed by atoms with van der Waals surface area (Å²) in [5, 5.41) is 0.0962. The minimum Gasteiger partial charge on any atom is -0.309 e. The van der Waals surface area contributed by atoms with Crippen LogP contribution in [0.15, 0.2) is 18.7 Å². The van der Waals surface area contributed by atoms with E-state index < -0.39 is 0 Å². The van der Waals surface area contributed by atoms with Gasteiger partial charge in [0.25, 0.3) is 0 Å². The van der Waals surface area contributed by atoms with Crippen molar-refractivity contribution in [3.63, 3.8) is 0 Å². The third-order valence-electron chi connectivity index (χ3n) is 2.59. The van der Waals surface area contributed by atoms with Crippen LogP contribution in [0.1, 0.15) is 13.3 Å². The van der Waals surface area contributed by atoms with Crippen LogP contribution in [0.5, 0.6) is 0 Å². The van der Waals surface area contributed by atoms with Gasteiger partial charge in [-0.1, -0.05) is 11.8 Å². The van der Waals surface area contributed by atoms with Gasteiger partial charge in [0.2, 0.25) is 5.91 Å². The van der Waals surface area contributed by atoms with Crippen LogP contribution in [0.2, 0.25) is 0 Å². The number of carbonyl (C=O) groups is 2. The Morgan fingerprint density at radius 1 is 1.53 bits per heavy atom. The molecule has 1 aromatic rings. The van der Waals surface area contributed by atoms with E-state index in [1.54, 1.807) is 24.2 Å². The molecule has 1 amide bonds. The summed E-state index contributed by atoms with van der Waals surface area (Å²) in [5.74, 6) is 1.01. The third kappa shape index (κ3) is 3.03. The molecule has 0 bridgehead atoms. The van der Waals surface area contributed by atoms with Crippen molar-refractivity contribution in [2.24, 2.45) is 5.92 Å². The van der Waals surface area contributed by atoms with Gasteiger partial charge in [0.1, 0.15) is 6.33 Å². The van der Waals surface area contributed by atoms with Crippen molar-refractivity contribution in [2.45, 2.75) is 13.3 Å². The number of anilines is 1. The third-order valence-corrected chi connectivity index (χ3v) is 3.63. The van der Waals surface area contributed by atoms with Crippen molar-refractivity contribution >= 4 is 28.5 Å². The molecule has 90 valence electrons. The van der Waals surface area contributed by atoms with Crippen molar-refractivity contribution in [2.75, 3.05) is 17.2 Å². The molecule has 17 heavy (non-hydrogen) atoms. The molecule has 0 aromatic carbocycles. The average molecular weight is 251 g/mol. The standard InChI is InChI=1S/C11H13N3O2S/c1-8(15)17-6-9-2-11(16)14(5-9)10-3-12-7-13-4-10/h3-4,7,9H,2,5-6H2,1H3. The Morgan fingerprint density at radius 3 is 2.88 bits per heavy atom. The molecule has 0 N–H and O–H groups in total. The summed E-state index contributed by atoms with van der Waals surface area (Å²) in [6.45, 7) is 2.19. The normalized spacial score (nSPS) is 19.7. The zero-order valence-corrected chi connectivity index (χ0v) is 10.3. The molecule has 0 aliphatic carbocycles. The van der Waals surface area contributed by atoms with Gasteiger partial charge in [-0.05, 0) is 5.92 Å². The van der Waals surface area contributed by atoms with Crippen LogP contribution >= 0.6 is 11.8 Å². The Labute approximate surface area is 104 Å². The highest BCUT2D eigenvalue weighted by molar-refractivity contribution is 8.13. The number of amides is 1. The number of nitrogens with zero attached hydrogens (tertiary/aromatic N) is 3. The number of carbonyl (C=O) groups excluding carboxylic acids is 2. The summed E-state index contributed by atoms with van der Waals surface area (Å²) in [7, 11) is 0. The van der Waals surface area contributed by atoms with Crippen LogP contribution in [0, 0.1) is 5.92 Å². The molecule has 1 aliphatic heterocycles. The first kappa shape index (κ1) is 12.0. The van der Waals surface area contributed by atoms with E-state index in [0.717, 1.165) is 5.69 Å². The molecule has 1 fully saturated rings. The molecule has 1 aromatic heterocycles. The van der Waals surface area contributed by atoms with Crippen molar-refractivity contribution in [1.29, 1.82) is 0 Å². The molecule has 1 atom stereocenters. The Kier molecular flexibility index (Phi) is 3.73. The highest BCUT2D eigenvalue weighted by Gasteiger charge is 2.30. The fourth-order valence-electron chi connectivity index (χ4n) is 1.81. The number of rotatable bonds is 3. The van der Waals surface area contributed by atoms with Gasteiger partial charge in [-0.2, -0.15) is 0 Å². The SMILES string of the molecule is CC(=O)SCC1CC(=O)N(c2cncnc2)C1. The summed E-state index contributed by atoms with van der Waals surface area (Å²) in [4.78, 5) is 32.2. The van der Waals surface area contributed by atoms with Crippen LogP contribution in [0.4, 0.5) is 5.69 Å². The number of hydrogen-bond acceptors (Lipinski definition) is 5. The quantitative estimate of drug-likeness (QED) is 0.805. The summed E-state index contributed by atoms with van der Waals surface area (Å²) >= 11 is 1.28. The topological polar surface area (TPSA) is 63.2 Å². The maximum Gasteiger partial charge on any atom is 0.227 e. The van der Waals surface area contributed by atoms with Crippen LogP contribution < -0.4 is 4.90 Å². The van der Waals surface area contributed by atoms with Gasteiger partial charge >= 0.3 is 0 Å². The molecule has 0 spiro atoms. The highest BCUT2D eigenvalue weighted by atomic mass is 32.2. The Bertz CT molecular complexity index is 424. The molecular formula is C11H13N3O2S. The lowest BCUT2D eigenvalue weighted by Crippen LogP contribution is -2.25. The Morgan fingerprint density at radius 2 is 2.24 bits per heavy atom. The fraction of sp³-hybridized carbons (Fsp3) is 0.455. The molecular weight excluding hydrogens is 238 g/mol. The van der Waals surface area contributed by atoms with Gasteiger partial charge in [-0.25, -0.2) is 9.97 Å². The predicted octanol–water partition coefficient (Wildman–Crippen LogP) is 1.11. The van der Waals surface area contributed by atoms with Gasteiger partial charge in [0.15, 0.2) is 5.12 Å². The Hall–Kier alpha value is -1.43. The lowest BCUT2D eigenvalue weighted by atomic mass is 10.1. The van der Waals surface area contributed by atoms with E-state index in [1.807, 2.05) is 0 Å². The maximum absolute atomic E-state index is 11.8. The van der Waals surface area contributed by atoms with Crippen LogP contribution in [-0.4, -0.2) is 33.3 Å². The Balaban J connectivity index is 1.98. The predicted molar refractivity (Wildman–Crippen MR) is 65.6 cm³/mol. The zero-order chi connectivity index (χ0) is 12.3. The van der Waals surface area contributed by atoms with E-state index in [4.69, 9.17) is 0 Å².